The fourth-order valence-electron chi connectivity index (χ4n) is 2.08. The molecule has 1 unspecified atom stereocenters. The van der Waals surface area contributed by atoms with E-state index in [2.05, 4.69) is 20.9 Å². The van der Waals surface area contributed by atoms with Gasteiger partial charge in [-0.3, -0.25) is 4.79 Å². The molecular formula is C11H14BrN3O3S. The minimum Gasteiger partial charge on any atom is -0.336 e. The number of carbonyl (C=O) groups excluding carboxylic acids is 1. The molecule has 1 atom stereocenters. The zero-order chi connectivity index (χ0) is 14.0. The standard InChI is InChI=1S/C11H14BrN3O3S/c12-9-4-1-5-14-10(9)11(16)15-6-2-3-8(7-15)19(13,17)18/h1,4-5,8H,2-3,6-7H2,(H2,13,17,18). The number of hydrogen-bond donors (Lipinski definition) is 1. The summed E-state index contributed by atoms with van der Waals surface area (Å²) < 4.78 is 23.3. The van der Waals surface area contributed by atoms with E-state index >= 15 is 0 Å². The van der Waals surface area contributed by atoms with E-state index in [9.17, 15) is 13.2 Å². The predicted octanol–water partition coefficient (Wildman–Crippen LogP) is 0.737. The van der Waals surface area contributed by atoms with E-state index in [4.69, 9.17) is 5.14 Å². The number of sulfonamides is 1. The molecule has 1 aromatic rings. The lowest BCUT2D eigenvalue weighted by Crippen LogP contribution is -2.47. The second kappa shape index (κ2) is 5.56. The molecule has 0 radical (unpaired) electrons. The van der Waals surface area contributed by atoms with Crippen molar-refractivity contribution in [1.82, 2.24) is 9.88 Å². The first-order valence-electron chi connectivity index (χ1n) is 5.81. The Balaban J connectivity index is 2.19. The molecular weight excluding hydrogens is 334 g/mol. The molecule has 1 fully saturated rings. The highest BCUT2D eigenvalue weighted by Crippen LogP contribution is 2.20. The Kier molecular flexibility index (Phi) is 4.22. The van der Waals surface area contributed by atoms with E-state index in [0.29, 0.717) is 23.9 Å². The molecule has 0 saturated carbocycles. The minimum absolute atomic E-state index is 0.126. The average molecular weight is 348 g/mol. The van der Waals surface area contributed by atoms with Crippen molar-refractivity contribution in [3.8, 4) is 0 Å². The van der Waals surface area contributed by atoms with Gasteiger partial charge in [-0.2, -0.15) is 0 Å². The third-order valence-corrected chi connectivity index (χ3v) is 5.04. The number of aromatic nitrogens is 1. The quantitative estimate of drug-likeness (QED) is 0.853. The minimum atomic E-state index is -3.61. The number of primary sulfonamides is 1. The van der Waals surface area contributed by atoms with Crippen LogP contribution in [-0.4, -0.2) is 42.5 Å². The maximum absolute atomic E-state index is 12.3. The molecule has 0 bridgehead atoms. The molecule has 1 aliphatic rings. The number of carbonyl (C=O) groups is 1. The van der Waals surface area contributed by atoms with Crippen molar-refractivity contribution in [3.05, 3.63) is 28.5 Å². The zero-order valence-electron chi connectivity index (χ0n) is 10.1. The summed E-state index contributed by atoms with van der Waals surface area (Å²) in [7, 11) is -3.61. The SMILES string of the molecule is NS(=O)(=O)C1CCCN(C(=O)c2ncccc2Br)C1. The maximum Gasteiger partial charge on any atom is 0.273 e. The van der Waals surface area contributed by atoms with Crippen LogP contribution in [-0.2, 0) is 10.0 Å². The lowest BCUT2D eigenvalue weighted by molar-refractivity contribution is 0.0720. The van der Waals surface area contributed by atoms with Crippen LogP contribution < -0.4 is 5.14 Å². The molecule has 0 aliphatic carbocycles. The van der Waals surface area contributed by atoms with Crippen LogP contribution in [0.15, 0.2) is 22.8 Å². The topological polar surface area (TPSA) is 93.4 Å². The van der Waals surface area contributed by atoms with Crippen LogP contribution in [0, 0.1) is 0 Å². The van der Waals surface area contributed by atoms with E-state index in [1.807, 2.05) is 0 Å². The van der Waals surface area contributed by atoms with Gasteiger partial charge in [-0.1, -0.05) is 0 Å². The number of halogens is 1. The summed E-state index contributed by atoms with van der Waals surface area (Å²) in [6.45, 7) is 0.647. The molecule has 1 aromatic heterocycles. The summed E-state index contributed by atoms with van der Waals surface area (Å²) in [4.78, 5) is 17.8. The first-order valence-corrected chi connectivity index (χ1v) is 8.21. The molecule has 19 heavy (non-hydrogen) atoms. The highest BCUT2D eigenvalue weighted by atomic mass is 79.9. The Morgan fingerprint density at radius 1 is 1.53 bits per heavy atom. The van der Waals surface area contributed by atoms with Crippen molar-refractivity contribution in [2.75, 3.05) is 13.1 Å². The molecule has 8 heteroatoms. The van der Waals surface area contributed by atoms with Gasteiger partial charge in [0.05, 0.1) is 5.25 Å². The van der Waals surface area contributed by atoms with Gasteiger partial charge in [0.1, 0.15) is 5.69 Å². The van der Waals surface area contributed by atoms with Gasteiger partial charge in [-0.05, 0) is 40.9 Å². The van der Waals surface area contributed by atoms with E-state index in [0.717, 1.165) is 0 Å². The number of nitrogens with zero attached hydrogens (tertiary/aromatic N) is 2. The average Bonchev–Trinajstić information content (AvgIpc) is 2.38. The summed E-state index contributed by atoms with van der Waals surface area (Å²) in [6.07, 6.45) is 2.64. The van der Waals surface area contributed by atoms with E-state index < -0.39 is 15.3 Å². The Hall–Kier alpha value is -0.990. The summed E-state index contributed by atoms with van der Waals surface area (Å²) in [5.74, 6) is -0.277. The fourth-order valence-corrected chi connectivity index (χ4v) is 3.39. The third kappa shape index (κ3) is 3.31. The normalized spacial score (nSPS) is 20.3. The highest BCUT2D eigenvalue weighted by Gasteiger charge is 2.31. The second-order valence-corrected chi connectivity index (χ2v) is 7.14. The van der Waals surface area contributed by atoms with Crippen LogP contribution >= 0.6 is 15.9 Å². The fraction of sp³-hybridized carbons (Fsp3) is 0.455. The van der Waals surface area contributed by atoms with Gasteiger partial charge >= 0.3 is 0 Å². The second-order valence-electron chi connectivity index (χ2n) is 4.44. The van der Waals surface area contributed by atoms with Crippen molar-refractivity contribution in [2.45, 2.75) is 18.1 Å². The van der Waals surface area contributed by atoms with Crippen molar-refractivity contribution < 1.29 is 13.2 Å². The van der Waals surface area contributed by atoms with Crippen molar-refractivity contribution in [3.63, 3.8) is 0 Å². The third-order valence-electron chi connectivity index (χ3n) is 3.09. The van der Waals surface area contributed by atoms with Crippen LogP contribution in [0.2, 0.25) is 0 Å². The number of amides is 1. The van der Waals surface area contributed by atoms with Crippen molar-refractivity contribution in [1.29, 1.82) is 0 Å². The first-order chi connectivity index (χ1) is 8.89. The molecule has 2 heterocycles. The molecule has 1 saturated heterocycles. The number of likely N-dealkylation sites (tertiary alicyclic amines) is 1. The summed E-state index contributed by atoms with van der Waals surface area (Å²) in [5, 5.41) is 4.46. The Bertz CT molecular complexity index is 591. The molecule has 1 amide bonds. The summed E-state index contributed by atoms with van der Waals surface area (Å²) >= 11 is 3.27. The highest BCUT2D eigenvalue weighted by molar-refractivity contribution is 9.10. The van der Waals surface area contributed by atoms with Gasteiger partial charge in [0.15, 0.2) is 0 Å². The monoisotopic (exact) mass is 347 g/mol. The summed E-state index contributed by atoms with van der Waals surface area (Å²) in [5.41, 5.74) is 0.289. The Labute approximate surface area is 120 Å². The molecule has 1 aliphatic heterocycles. The lowest BCUT2D eigenvalue weighted by Gasteiger charge is -2.31. The van der Waals surface area contributed by atoms with E-state index in [-0.39, 0.29) is 18.1 Å². The zero-order valence-corrected chi connectivity index (χ0v) is 12.5. The number of pyridine rings is 1. The van der Waals surface area contributed by atoms with Crippen LogP contribution in [0.4, 0.5) is 0 Å². The van der Waals surface area contributed by atoms with E-state index in [1.54, 1.807) is 12.1 Å². The van der Waals surface area contributed by atoms with Crippen LogP contribution in [0.25, 0.3) is 0 Å². The van der Waals surface area contributed by atoms with Crippen LogP contribution in [0.1, 0.15) is 23.3 Å². The van der Waals surface area contributed by atoms with Gasteiger partial charge in [0.2, 0.25) is 10.0 Å². The van der Waals surface area contributed by atoms with Gasteiger partial charge in [-0.25, -0.2) is 18.5 Å². The van der Waals surface area contributed by atoms with Crippen LogP contribution in [0.3, 0.4) is 0 Å². The first kappa shape index (κ1) is 14.4. The van der Waals surface area contributed by atoms with Crippen molar-refractivity contribution in [2.24, 2.45) is 5.14 Å². The molecule has 2 rings (SSSR count). The Morgan fingerprint density at radius 3 is 2.89 bits per heavy atom. The predicted molar refractivity (Wildman–Crippen MR) is 74.0 cm³/mol. The van der Waals surface area contributed by atoms with E-state index in [1.165, 1.54) is 11.1 Å². The lowest BCUT2D eigenvalue weighted by atomic mass is 10.1. The molecule has 0 spiro atoms. The van der Waals surface area contributed by atoms with Crippen LogP contribution in [0.5, 0.6) is 0 Å². The number of nitrogens with two attached hydrogens (primary N) is 1. The Morgan fingerprint density at radius 2 is 2.26 bits per heavy atom. The molecule has 6 nitrogen and oxygen atoms in total. The number of piperidine rings is 1. The molecule has 2 N–H and O–H groups in total. The largest absolute Gasteiger partial charge is 0.336 e. The summed E-state index contributed by atoms with van der Waals surface area (Å²) in [6, 6.07) is 3.44. The van der Waals surface area contributed by atoms with Gasteiger partial charge in [0, 0.05) is 23.8 Å². The van der Waals surface area contributed by atoms with Gasteiger partial charge < -0.3 is 4.90 Å². The molecule has 0 aromatic carbocycles. The smallest absolute Gasteiger partial charge is 0.273 e. The van der Waals surface area contributed by atoms with Gasteiger partial charge in [0.25, 0.3) is 5.91 Å². The molecule has 104 valence electrons. The van der Waals surface area contributed by atoms with Crippen molar-refractivity contribution >= 4 is 31.9 Å². The number of rotatable bonds is 2. The van der Waals surface area contributed by atoms with Gasteiger partial charge in [-0.15, -0.1) is 0 Å². The number of hydrogen-bond acceptors (Lipinski definition) is 4. The maximum atomic E-state index is 12.3.